The standard InChI is InChI=1S/C18H20N4O2/c23-15-10-13(21-16(22-15)12-5-6-12)17(24)20-11-18(7-3-8-18)14-4-1-2-9-19-14/h1-2,4,9-10,12H,3,5-8,11H2,(H,20,24)(H,21,22,23). The smallest absolute Gasteiger partial charge is 0.270 e. The molecular formula is C18H20N4O2. The molecule has 24 heavy (non-hydrogen) atoms. The monoisotopic (exact) mass is 324 g/mol. The summed E-state index contributed by atoms with van der Waals surface area (Å²) in [7, 11) is 0. The molecule has 4 rings (SSSR count). The number of H-pyrrole nitrogens is 1. The average Bonchev–Trinajstić information content (AvgIpc) is 3.39. The summed E-state index contributed by atoms with van der Waals surface area (Å²) in [5, 5.41) is 2.96. The Kier molecular flexibility index (Phi) is 3.67. The van der Waals surface area contributed by atoms with Crippen molar-refractivity contribution in [2.45, 2.75) is 43.4 Å². The molecule has 2 aromatic heterocycles. The van der Waals surface area contributed by atoms with Crippen molar-refractivity contribution in [1.82, 2.24) is 20.3 Å². The number of hydrogen-bond donors (Lipinski definition) is 2. The van der Waals surface area contributed by atoms with Crippen LogP contribution >= 0.6 is 0 Å². The molecule has 2 N–H and O–H groups in total. The minimum atomic E-state index is -0.287. The summed E-state index contributed by atoms with van der Waals surface area (Å²) >= 11 is 0. The van der Waals surface area contributed by atoms with Crippen molar-refractivity contribution in [2.75, 3.05) is 6.54 Å². The number of carbonyl (C=O) groups excluding carboxylic acids is 1. The first-order valence-corrected chi connectivity index (χ1v) is 8.47. The van der Waals surface area contributed by atoms with E-state index in [9.17, 15) is 9.59 Å². The van der Waals surface area contributed by atoms with E-state index in [1.54, 1.807) is 6.20 Å². The van der Waals surface area contributed by atoms with Crippen LogP contribution in [0, 0.1) is 0 Å². The largest absolute Gasteiger partial charge is 0.350 e. The van der Waals surface area contributed by atoms with Gasteiger partial charge in [0.05, 0.1) is 0 Å². The van der Waals surface area contributed by atoms with Crippen LogP contribution < -0.4 is 10.9 Å². The number of pyridine rings is 1. The molecule has 6 nitrogen and oxygen atoms in total. The van der Waals surface area contributed by atoms with E-state index in [0.29, 0.717) is 18.3 Å². The molecule has 0 bridgehead atoms. The van der Waals surface area contributed by atoms with E-state index < -0.39 is 0 Å². The van der Waals surface area contributed by atoms with Crippen LogP contribution in [0.15, 0.2) is 35.3 Å². The molecule has 1 amide bonds. The fourth-order valence-corrected chi connectivity index (χ4v) is 3.29. The molecule has 124 valence electrons. The van der Waals surface area contributed by atoms with Gasteiger partial charge in [0.25, 0.3) is 11.5 Å². The fourth-order valence-electron chi connectivity index (χ4n) is 3.29. The highest BCUT2D eigenvalue weighted by Gasteiger charge is 2.40. The summed E-state index contributed by atoms with van der Waals surface area (Å²) in [6.45, 7) is 0.524. The topological polar surface area (TPSA) is 87.7 Å². The Morgan fingerprint density at radius 3 is 2.79 bits per heavy atom. The zero-order valence-electron chi connectivity index (χ0n) is 13.4. The Labute approximate surface area is 139 Å². The van der Waals surface area contributed by atoms with Gasteiger partial charge in [-0.05, 0) is 37.8 Å². The van der Waals surface area contributed by atoms with Crippen molar-refractivity contribution >= 4 is 5.91 Å². The summed E-state index contributed by atoms with van der Waals surface area (Å²) in [4.78, 5) is 35.7. The van der Waals surface area contributed by atoms with Crippen molar-refractivity contribution in [1.29, 1.82) is 0 Å². The third kappa shape index (κ3) is 2.84. The number of nitrogens with zero attached hydrogens (tertiary/aromatic N) is 2. The minimum absolute atomic E-state index is 0.0859. The second-order valence-corrected chi connectivity index (χ2v) is 6.82. The highest BCUT2D eigenvalue weighted by Crippen LogP contribution is 2.42. The lowest BCUT2D eigenvalue weighted by atomic mass is 9.66. The number of hydrogen-bond acceptors (Lipinski definition) is 4. The van der Waals surface area contributed by atoms with Crippen LogP contribution in [0.2, 0.25) is 0 Å². The SMILES string of the molecule is O=C(NCC1(c2ccccn2)CCC1)c1cc(=O)[nH]c(C2CC2)n1. The van der Waals surface area contributed by atoms with Gasteiger partial charge in [0.1, 0.15) is 11.5 Å². The zero-order valence-corrected chi connectivity index (χ0v) is 13.4. The van der Waals surface area contributed by atoms with Crippen molar-refractivity contribution in [2.24, 2.45) is 0 Å². The molecule has 2 fully saturated rings. The second kappa shape index (κ2) is 5.85. The molecule has 2 heterocycles. The van der Waals surface area contributed by atoms with E-state index in [0.717, 1.165) is 37.8 Å². The summed E-state index contributed by atoms with van der Waals surface area (Å²) in [5.74, 6) is 0.651. The maximum Gasteiger partial charge on any atom is 0.270 e. The van der Waals surface area contributed by atoms with Crippen LogP contribution in [0.1, 0.15) is 60.0 Å². The molecule has 2 aliphatic rings. The van der Waals surface area contributed by atoms with Gasteiger partial charge in [0, 0.05) is 35.8 Å². The lowest BCUT2D eigenvalue weighted by molar-refractivity contribution is 0.0921. The van der Waals surface area contributed by atoms with Crippen LogP contribution in [0.4, 0.5) is 0 Å². The highest BCUT2D eigenvalue weighted by molar-refractivity contribution is 5.92. The molecule has 6 heteroatoms. The van der Waals surface area contributed by atoms with Crippen molar-refractivity contribution in [3.05, 3.63) is 58.0 Å². The van der Waals surface area contributed by atoms with E-state index in [1.165, 1.54) is 6.07 Å². The molecule has 0 unspecified atom stereocenters. The van der Waals surface area contributed by atoms with E-state index in [2.05, 4.69) is 20.3 Å². The number of nitrogens with one attached hydrogen (secondary N) is 2. The average molecular weight is 324 g/mol. The number of aromatic amines is 1. The lowest BCUT2D eigenvalue weighted by Gasteiger charge is -2.41. The normalized spacial score (nSPS) is 18.7. The van der Waals surface area contributed by atoms with E-state index in [-0.39, 0.29) is 22.6 Å². The molecule has 0 atom stereocenters. The molecule has 0 aromatic carbocycles. The summed E-state index contributed by atoms with van der Waals surface area (Å²) in [5.41, 5.74) is 0.877. The highest BCUT2D eigenvalue weighted by atomic mass is 16.2. The maximum absolute atomic E-state index is 12.5. The Morgan fingerprint density at radius 1 is 1.33 bits per heavy atom. The molecule has 2 saturated carbocycles. The second-order valence-electron chi connectivity index (χ2n) is 6.82. The van der Waals surface area contributed by atoms with Crippen LogP contribution in [0.5, 0.6) is 0 Å². The van der Waals surface area contributed by atoms with Gasteiger partial charge in [-0.3, -0.25) is 14.6 Å². The van der Waals surface area contributed by atoms with Crippen LogP contribution in [0.3, 0.4) is 0 Å². The van der Waals surface area contributed by atoms with Crippen molar-refractivity contribution in [3.63, 3.8) is 0 Å². The Hall–Kier alpha value is -2.50. The van der Waals surface area contributed by atoms with Crippen LogP contribution in [-0.2, 0) is 5.41 Å². The summed E-state index contributed by atoms with van der Waals surface area (Å²) in [6.07, 6.45) is 7.01. The first-order valence-electron chi connectivity index (χ1n) is 8.47. The van der Waals surface area contributed by atoms with Gasteiger partial charge < -0.3 is 10.3 Å². The van der Waals surface area contributed by atoms with Crippen LogP contribution in [0.25, 0.3) is 0 Å². The first-order chi connectivity index (χ1) is 11.7. The minimum Gasteiger partial charge on any atom is -0.350 e. The van der Waals surface area contributed by atoms with Crippen molar-refractivity contribution in [3.8, 4) is 0 Å². The molecule has 0 saturated heterocycles. The quantitative estimate of drug-likeness (QED) is 0.879. The number of amides is 1. The molecule has 2 aliphatic carbocycles. The molecular weight excluding hydrogens is 304 g/mol. The van der Waals surface area contributed by atoms with Gasteiger partial charge in [-0.15, -0.1) is 0 Å². The first kappa shape index (κ1) is 15.1. The number of carbonyl (C=O) groups is 1. The summed E-state index contributed by atoms with van der Waals surface area (Å²) < 4.78 is 0. The van der Waals surface area contributed by atoms with Gasteiger partial charge in [-0.1, -0.05) is 12.5 Å². The van der Waals surface area contributed by atoms with Gasteiger partial charge in [0.2, 0.25) is 0 Å². The molecule has 0 spiro atoms. The fraction of sp³-hybridized carbons (Fsp3) is 0.444. The Bertz CT molecular complexity index is 807. The third-order valence-corrected chi connectivity index (χ3v) is 5.06. The van der Waals surface area contributed by atoms with Crippen molar-refractivity contribution < 1.29 is 4.79 Å². The van der Waals surface area contributed by atoms with E-state index in [1.807, 2.05) is 18.2 Å². The third-order valence-electron chi connectivity index (χ3n) is 5.06. The zero-order chi connectivity index (χ0) is 16.6. The molecule has 0 aliphatic heterocycles. The number of rotatable bonds is 5. The predicted molar refractivity (Wildman–Crippen MR) is 88.9 cm³/mol. The van der Waals surface area contributed by atoms with Gasteiger partial charge in [0.15, 0.2) is 0 Å². The van der Waals surface area contributed by atoms with Crippen LogP contribution in [-0.4, -0.2) is 27.4 Å². The maximum atomic E-state index is 12.5. The summed E-state index contributed by atoms with van der Waals surface area (Å²) in [6, 6.07) is 7.16. The van der Waals surface area contributed by atoms with E-state index in [4.69, 9.17) is 0 Å². The van der Waals surface area contributed by atoms with Gasteiger partial charge in [-0.2, -0.15) is 0 Å². The molecule has 0 radical (unpaired) electrons. The van der Waals surface area contributed by atoms with E-state index >= 15 is 0 Å². The predicted octanol–water partition coefficient (Wildman–Crippen LogP) is 1.89. The van der Waals surface area contributed by atoms with Gasteiger partial charge >= 0.3 is 0 Å². The Balaban J connectivity index is 1.49. The lowest BCUT2D eigenvalue weighted by Crippen LogP contribution is -2.46. The molecule has 2 aromatic rings. The Morgan fingerprint density at radius 2 is 2.17 bits per heavy atom. The number of aromatic nitrogens is 3. The van der Waals surface area contributed by atoms with Gasteiger partial charge in [-0.25, -0.2) is 4.98 Å².